The smallest absolute Gasteiger partial charge is 0.262 e. The third-order valence-corrected chi connectivity index (χ3v) is 3.89. The molecule has 0 fully saturated rings. The first-order valence-corrected chi connectivity index (χ1v) is 7.88. The number of rotatable bonds is 6. The van der Waals surface area contributed by atoms with Gasteiger partial charge in [0.25, 0.3) is 5.56 Å². The summed E-state index contributed by atoms with van der Waals surface area (Å²) in [6, 6.07) is 9.84. The Labute approximate surface area is 134 Å². The summed E-state index contributed by atoms with van der Waals surface area (Å²) < 4.78 is 7.44. The van der Waals surface area contributed by atoms with Gasteiger partial charge < -0.3 is 9.72 Å². The predicted molar refractivity (Wildman–Crippen MR) is 91.0 cm³/mol. The first-order chi connectivity index (χ1) is 11.1. The third-order valence-electron chi connectivity index (χ3n) is 3.89. The van der Waals surface area contributed by atoms with Gasteiger partial charge in [-0.3, -0.25) is 9.36 Å². The maximum Gasteiger partial charge on any atom is 0.262 e. The highest BCUT2D eigenvalue weighted by atomic mass is 16.5. The molecule has 23 heavy (non-hydrogen) atoms. The van der Waals surface area contributed by atoms with Crippen molar-refractivity contribution in [2.75, 3.05) is 6.61 Å². The van der Waals surface area contributed by atoms with E-state index in [1.54, 1.807) is 10.9 Å². The Morgan fingerprint density at radius 2 is 2.04 bits per heavy atom. The minimum Gasteiger partial charge on any atom is -0.493 e. The summed E-state index contributed by atoms with van der Waals surface area (Å²) in [5.41, 5.74) is 2.76. The average Bonchev–Trinajstić information content (AvgIpc) is 2.92. The summed E-state index contributed by atoms with van der Waals surface area (Å²) in [6.45, 7) is 5.27. The Morgan fingerprint density at radius 1 is 1.22 bits per heavy atom. The molecule has 2 heterocycles. The Bertz CT molecular complexity index is 864. The molecule has 1 N–H and O–H groups in total. The van der Waals surface area contributed by atoms with E-state index >= 15 is 0 Å². The van der Waals surface area contributed by atoms with Gasteiger partial charge in [-0.05, 0) is 44.4 Å². The number of aromatic nitrogens is 3. The first-order valence-electron chi connectivity index (χ1n) is 7.88. The number of unbranched alkanes of at least 4 members (excludes halogenated alkanes) is 1. The molecule has 5 nitrogen and oxygen atoms in total. The van der Waals surface area contributed by atoms with Gasteiger partial charge in [-0.2, -0.15) is 0 Å². The maximum absolute atomic E-state index is 12.3. The van der Waals surface area contributed by atoms with Crippen LogP contribution in [0, 0.1) is 13.8 Å². The molecular weight excluding hydrogens is 290 g/mol. The normalized spacial score (nSPS) is 11.0. The summed E-state index contributed by atoms with van der Waals surface area (Å²) in [5, 5.41) is 0.654. The van der Waals surface area contributed by atoms with Crippen LogP contribution in [0.25, 0.3) is 11.0 Å². The average molecular weight is 311 g/mol. The van der Waals surface area contributed by atoms with Crippen LogP contribution in [0.15, 0.2) is 41.5 Å². The fraction of sp³-hybridized carbons (Fsp3) is 0.333. The van der Waals surface area contributed by atoms with Crippen molar-refractivity contribution in [2.45, 2.75) is 33.2 Å². The molecule has 120 valence electrons. The number of hydrogen-bond donors (Lipinski definition) is 1. The zero-order valence-electron chi connectivity index (χ0n) is 13.5. The largest absolute Gasteiger partial charge is 0.493 e. The van der Waals surface area contributed by atoms with Crippen molar-refractivity contribution in [2.24, 2.45) is 0 Å². The number of fused-ring (bicyclic) bond motifs is 1. The lowest BCUT2D eigenvalue weighted by Crippen LogP contribution is -2.20. The lowest BCUT2D eigenvalue weighted by molar-refractivity contribution is 0.301. The Balaban J connectivity index is 1.54. The first kappa shape index (κ1) is 15.3. The van der Waals surface area contributed by atoms with Crippen LogP contribution in [0.4, 0.5) is 0 Å². The molecule has 0 bridgehead atoms. The van der Waals surface area contributed by atoms with Gasteiger partial charge in [0.2, 0.25) is 0 Å². The fourth-order valence-electron chi connectivity index (χ4n) is 2.62. The third kappa shape index (κ3) is 3.44. The Kier molecular flexibility index (Phi) is 4.46. The molecule has 5 heteroatoms. The van der Waals surface area contributed by atoms with E-state index in [-0.39, 0.29) is 5.56 Å². The highest BCUT2D eigenvalue weighted by Crippen LogP contribution is 2.16. The standard InChI is InChI=1S/C18H21N3O2/c1-13-7-3-4-8-16(13)23-10-6-5-9-21-12-19-17-15(18(21)22)11-14(2)20-17/h3-4,7-8,11-12,20H,5-6,9-10H2,1-2H3. The molecule has 0 unspecified atom stereocenters. The van der Waals surface area contributed by atoms with Crippen molar-refractivity contribution in [3.63, 3.8) is 0 Å². The van der Waals surface area contributed by atoms with Gasteiger partial charge >= 0.3 is 0 Å². The second-order valence-electron chi connectivity index (χ2n) is 5.78. The monoisotopic (exact) mass is 311 g/mol. The van der Waals surface area contributed by atoms with Crippen molar-refractivity contribution in [3.8, 4) is 5.75 Å². The molecule has 3 aromatic rings. The summed E-state index contributed by atoms with van der Waals surface area (Å²) in [6.07, 6.45) is 3.39. The highest BCUT2D eigenvalue weighted by Gasteiger charge is 2.06. The van der Waals surface area contributed by atoms with Gasteiger partial charge in [-0.1, -0.05) is 18.2 Å². The van der Waals surface area contributed by atoms with Crippen molar-refractivity contribution in [1.29, 1.82) is 0 Å². The lowest BCUT2D eigenvalue weighted by Gasteiger charge is -2.09. The number of nitrogens with zero attached hydrogens (tertiary/aromatic N) is 2. The molecular formula is C18H21N3O2. The van der Waals surface area contributed by atoms with Crippen molar-refractivity contribution < 1.29 is 4.74 Å². The van der Waals surface area contributed by atoms with E-state index in [2.05, 4.69) is 9.97 Å². The van der Waals surface area contributed by atoms with Crippen LogP contribution in [-0.2, 0) is 6.54 Å². The summed E-state index contributed by atoms with van der Waals surface area (Å²) in [7, 11) is 0. The number of H-pyrrole nitrogens is 1. The van der Waals surface area contributed by atoms with Crippen LogP contribution in [0.2, 0.25) is 0 Å². The molecule has 0 saturated heterocycles. The number of ether oxygens (including phenoxy) is 1. The quantitative estimate of drug-likeness (QED) is 0.711. The van der Waals surface area contributed by atoms with Crippen LogP contribution in [-0.4, -0.2) is 21.1 Å². The fourth-order valence-corrected chi connectivity index (χ4v) is 2.62. The van der Waals surface area contributed by atoms with Gasteiger partial charge in [0.1, 0.15) is 11.4 Å². The van der Waals surface area contributed by atoms with Crippen molar-refractivity contribution >= 4 is 11.0 Å². The summed E-state index contributed by atoms with van der Waals surface area (Å²) in [4.78, 5) is 19.7. The number of nitrogens with one attached hydrogen (secondary N) is 1. The predicted octanol–water partition coefficient (Wildman–Crippen LogP) is 3.20. The van der Waals surface area contributed by atoms with Crippen molar-refractivity contribution in [1.82, 2.24) is 14.5 Å². The van der Waals surface area contributed by atoms with E-state index in [0.717, 1.165) is 29.8 Å². The highest BCUT2D eigenvalue weighted by molar-refractivity contribution is 5.74. The lowest BCUT2D eigenvalue weighted by atomic mass is 10.2. The Hall–Kier alpha value is -2.56. The van der Waals surface area contributed by atoms with Crippen LogP contribution in [0.1, 0.15) is 24.1 Å². The van der Waals surface area contributed by atoms with Gasteiger partial charge in [0.15, 0.2) is 0 Å². The second kappa shape index (κ2) is 6.69. The molecule has 3 rings (SSSR count). The Morgan fingerprint density at radius 3 is 2.87 bits per heavy atom. The molecule has 0 amide bonds. The summed E-state index contributed by atoms with van der Waals surface area (Å²) in [5.74, 6) is 0.926. The second-order valence-corrected chi connectivity index (χ2v) is 5.78. The van der Waals surface area contributed by atoms with Crippen molar-refractivity contribution in [3.05, 3.63) is 58.3 Å². The molecule has 2 aromatic heterocycles. The van der Waals surface area contributed by atoms with Gasteiger partial charge in [-0.15, -0.1) is 0 Å². The molecule has 0 atom stereocenters. The van der Waals surface area contributed by atoms with Gasteiger partial charge in [0.05, 0.1) is 18.3 Å². The molecule has 0 saturated carbocycles. The topological polar surface area (TPSA) is 59.9 Å². The maximum atomic E-state index is 12.3. The number of aryl methyl sites for hydroxylation is 3. The van der Waals surface area contributed by atoms with Crippen LogP contribution >= 0.6 is 0 Å². The van der Waals surface area contributed by atoms with E-state index in [9.17, 15) is 4.79 Å². The number of benzene rings is 1. The van der Waals surface area contributed by atoms with Crippen LogP contribution in [0.5, 0.6) is 5.75 Å². The molecule has 1 aromatic carbocycles. The van der Waals surface area contributed by atoms with E-state index in [1.807, 2.05) is 44.2 Å². The minimum absolute atomic E-state index is 0.0131. The van der Waals surface area contributed by atoms with E-state index in [0.29, 0.717) is 24.2 Å². The number of aromatic amines is 1. The van der Waals surface area contributed by atoms with E-state index in [1.165, 1.54) is 0 Å². The molecule has 0 aliphatic carbocycles. The zero-order valence-corrected chi connectivity index (χ0v) is 13.5. The molecule has 0 aliphatic heterocycles. The zero-order chi connectivity index (χ0) is 16.2. The van der Waals surface area contributed by atoms with Crippen LogP contribution in [0.3, 0.4) is 0 Å². The molecule has 0 aliphatic rings. The SMILES string of the molecule is Cc1cc2c(=O)n(CCCCOc3ccccc3C)cnc2[nH]1. The van der Waals surface area contributed by atoms with E-state index < -0.39 is 0 Å². The number of para-hydroxylation sites is 1. The molecule has 0 radical (unpaired) electrons. The van der Waals surface area contributed by atoms with E-state index in [4.69, 9.17) is 4.74 Å². The molecule has 0 spiro atoms. The van der Waals surface area contributed by atoms with Gasteiger partial charge in [-0.25, -0.2) is 4.98 Å². The summed E-state index contributed by atoms with van der Waals surface area (Å²) >= 11 is 0. The minimum atomic E-state index is 0.0131. The number of hydrogen-bond acceptors (Lipinski definition) is 3. The van der Waals surface area contributed by atoms with Crippen LogP contribution < -0.4 is 10.3 Å². The van der Waals surface area contributed by atoms with Gasteiger partial charge in [0, 0.05) is 12.2 Å².